The van der Waals surface area contributed by atoms with Crippen molar-refractivity contribution in [2.75, 3.05) is 7.05 Å². The first-order chi connectivity index (χ1) is 7.18. The highest BCUT2D eigenvalue weighted by Gasteiger charge is 2.26. The maximum Gasteiger partial charge on any atom is 0.253 e. The van der Waals surface area contributed by atoms with E-state index in [9.17, 15) is 4.79 Å². The highest BCUT2D eigenvalue weighted by Crippen LogP contribution is 2.25. The summed E-state index contributed by atoms with van der Waals surface area (Å²) in [7, 11) is 1.90. The highest BCUT2D eigenvalue weighted by atomic mass is 79.9. The molecule has 1 aliphatic carbocycles. The van der Waals surface area contributed by atoms with Crippen LogP contribution < -0.4 is 0 Å². The van der Waals surface area contributed by atoms with E-state index in [1.807, 2.05) is 36.2 Å². The zero-order valence-corrected chi connectivity index (χ0v) is 10.3. The summed E-state index contributed by atoms with van der Waals surface area (Å²) in [5.41, 5.74) is 0.763. The lowest BCUT2D eigenvalue weighted by molar-refractivity contribution is 0.0652. The maximum atomic E-state index is 12.0. The number of hydrogen-bond acceptors (Lipinski definition) is 1. The van der Waals surface area contributed by atoms with Crippen LogP contribution in [0.3, 0.4) is 0 Å². The van der Waals surface area contributed by atoms with Gasteiger partial charge in [0, 0.05) is 23.1 Å². The van der Waals surface area contributed by atoms with Gasteiger partial charge in [0.25, 0.3) is 5.91 Å². The molecule has 2 nitrogen and oxygen atoms in total. The van der Waals surface area contributed by atoms with Gasteiger partial charge in [-0.2, -0.15) is 0 Å². The minimum atomic E-state index is 0.126. The molecule has 0 aliphatic heterocycles. The summed E-state index contributed by atoms with van der Waals surface area (Å²) in [6, 6.07) is 8.02. The minimum absolute atomic E-state index is 0.126. The molecule has 2 rings (SSSR count). The van der Waals surface area contributed by atoms with Crippen LogP contribution in [0, 0.1) is 0 Å². The summed E-state index contributed by atoms with van der Waals surface area (Å²) < 4.78 is 0.954. The average Bonchev–Trinajstić information content (AvgIpc) is 2.14. The smallest absolute Gasteiger partial charge is 0.253 e. The van der Waals surface area contributed by atoms with Gasteiger partial charge in [-0.15, -0.1) is 0 Å². The molecule has 0 saturated heterocycles. The predicted molar refractivity (Wildman–Crippen MR) is 63.9 cm³/mol. The molecule has 80 valence electrons. The van der Waals surface area contributed by atoms with Gasteiger partial charge in [0.15, 0.2) is 0 Å². The van der Waals surface area contributed by atoms with Crippen molar-refractivity contribution in [1.29, 1.82) is 0 Å². The number of halogens is 1. The zero-order valence-electron chi connectivity index (χ0n) is 8.74. The molecule has 1 aromatic rings. The molecule has 1 fully saturated rings. The van der Waals surface area contributed by atoms with E-state index in [4.69, 9.17) is 0 Å². The zero-order chi connectivity index (χ0) is 10.8. The van der Waals surface area contributed by atoms with Crippen LogP contribution in [-0.2, 0) is 0 Å². The second-order valence-corrected chi connectivity index (χ2v) is 4.93. The molecule has 15 heavy (non-hydrogen) atoms. The monoisotopic (exact) mass is 267 g/mol. The van der Waals surface area contributed by atoms with Crippen molar-refractivity contribution in [2.24, 2.45) is 0 Å². The predicted octanol–water partition coefficient (Wildman–Crippen LogP) is 3.07. The second-order valence-electron chi connectivity index (χ2n) is 4.01. The fraction of sp³-hybridized carbons (Fsp3) is 0.417. The van der Waals surface area contributed by atoms with Crippen LogP contribution in [-0.4, -0.2) is 23.9 Å². The molecule has 0 heterocycles. The van der Waals surface area contributed by atoms with Crippen LogP contribution in [0.5, 0.6) is 0 Å². The Morgan fingerprint density at radius 3 is 2.73 bits per heavy atom. The minimum Gasteiger partial charge on any atom is -0.339 e. The molecular weight excluding hydrogens is 254 g/mol. The van der Waals surface area contributed by atoms with Gasteiger partial charge in [-0.25, -0.2) is 0 Å². The highest BCUT2D eigenvalue weighted by molar-refractivity contribution is 9.10. The quantitative estimate of drug-likeness (QED) is 0.807. The summed E-state index contributed by atoms with van der Waals surface area (Å²) in [6.45, 7) is 0. The summed E-state index contributed by atoms with van der Waals surface area (Å²) in [5.74, 6) is 0.126. The topological polar surface area (TPSA) is 20.3 Å². The van der Waals surface area contributed by atoms with Crippen LogP contribution in [0.2, 0.25) is 0 Å². The first-order valence-electron chi connectivity index (χ1n) is 5.21. The normalized spacial score (nSPS) is 15.9. The molecule has 0 unspecified atom stereocenters. The van der Waals surface area contributed by atoms with Gasteiger partial charge < -0.3 is 4.90 Å². The Morgan fingerprint density at radius 2 is 2.20 bits per heavy atom. The molecule has 1 aromatic carbocycles. The van der Waals surface area contributed by atoms with Crippen LogP contribution >= 0.6 is 15.9 Å². The molecule has 1 aliphatic rings. The average molecular weight is 268 g/mol. The van der Waals surface area contributed by atoms with Gasteiger partial charge in [-0.1, -0.05) is 22.0 Å². The first-order valence-corrected chi connectivity index (χ1v) is 6.00. The Kier molecular flexibility index (Phi) is 3.10. The Bertz CT molecular complexity index is 374. The Balaban J connectivity index is 2.12. The van der Waals surface area contributed by atoms with Gasteiger partial charge in [0.2, 0.25) is 0 Å². The number of hydrogen-bond donors (Lipinski definition) is 0. The summed E-state index contributed by atoms with van der Waals surface area (Å²) >= 11 is 3.38. The number of nitrogens with zero attached hydrogens (tertiary/aromatic N) is 1. The molecular formula is C12H14BrNO. The third-order valence-corrected chi connectivity index (χ3v) is 3.51. The largest absolute Gasteiger partial charge is 0.339 e. The van der Waals surface area contributed by atoms with Crippen LogP contribution in [0.4, 0.5) is 0 Å². The van der Waals surface area contributed by atoms with Crippen molar-refractivity contribution in [3.05, 3.63) is 34.3 Å². The third-order valence-electron chi connectivity index (χ3n) is 3.01. The fourth-order valence-corrected chi connectivity index (χ4v) is 2.16. The number of amides is 1. The van der Waals surface area contributed by atoms with E-state index in [0.29, 0.717) is 6.04 Å². The molecule has 0 aromatic heterocycles. The van der Waals surface area contributed by atoms with Gasteiger partial charge in [0.1, 0.15) is 0 Å². The Labute approximate surface area is 98.4 Å². The number of carbonyl (C=O) groups excluding carboxylic acids is 1. The van der Waals surface area contributed by atoms with Gasteiger partial charge in [0.05, 0.1) is 0 Å². The van der Waals surface area contributed by atoms with E-state index in [0.717, 1.165) is 22.9 Å². The van der Waals surface area contributed by atoms with Crippen molar-refractivity contribution >= 4 is 21.8 Å². The van der Waals surface area contributed by atoms with Crippen molar-refractivity contribution in [3.8, 4) is 0 Å². The lowest BCUT2D eigenvalue weighted by atomic mass is 9.91. The summed E-state index contributed by atoms with van der Waals surface area (Å²) in [6.07, 6.45) is 3.55. The maximum absolute atomic E-state index is 12.0. The van der Waals surface area contributed by atoms with E-state index in [-0.39, 0.29) is 5.91 Å². The van der Waals surface area contributed by atoms with Gasteiger partial charge >= 0.3 is 0 Å². The van der Waals surface area contributed by atoms with Crippen LogP contribution in [0.25, 0.3) is 0 Å². The van der Waals surface area contributed by atoms with E-state index in [1.165, 1.54) is 6.42 Å². The molecule has 3 heteroatoms. The molecule has 0 spiro atoms. The molecule has 1 saturated carbocycles. The second kappa shape index (κ2) is 4.35. The number of benzene rings is 1. The number of rotatable bonds is 2. The van der Waals surface area contributed by atoms with Crippen LogP contribution in [0.15, 0.2) is 28.7 Å². The Hall–Kier alpha value is -0.830. The Morgan fingerprint density at radius 1 is 1.47 bits per heavy atom. The van der Waals surface area contributed by atoms with E-state index >= 15 is 0 Å². The van der Waals surface area contributed by atoms with Crippen LogP contribution in [0.1, 0.15) is 29.6 Å². The van der Waals surface area contributed by atoms with E-state index in [2.05, 4.69) is 15.9 Å². The fourth-order valence-electron chi connectivity index (χ4n) is 1.76. The standard InChI is InChI=1S/C12H14BrNO/c1-14(11-6-3-7-11)12(15)9-4-2-5-10(13)8-9/h2,4-5,8,11H,3,6-7H2,1H3. The first kappa shape index (κ1) is 10.7. The van der Waals surface area contributed by atoms with E-state index in [1.54, 1.807) is 0 Å². The summed E-state index contributed by atoms with van der Waals surface area (Å²) in [5, 5.41) is 0. The van der Waals surface area contributed by atoms with Crippen molar-refractivity contribution in [1.82, 2.24) is 4.90 Å². The van der Waals surface area contributed by atoms with E-state index < -0.39 is 0 Å². The number of carbonyl (C=O) groups is 1. The lowest BCUT2D eigenvalue weighted by Gasteiger charge is -2.34. The SMILES string of the molecule is CN(C(=O)c1cccc(Br)c1)C1CCC1. The van der Waals surface area contributed by atoms with Gasteiger partial charge in [-0.3, -0.25) is 4.79 Å². The van der Waals surface area contributed by atoms with Crippen molar-refractivity contribution in [3.63, 3.8) is 0 Å². The van der Waals surface area contributed by atoms with Gasteiger partial charge in [-0.05, 0) is 37.5 Å². The molecule has 1 amide bonds. The summed E-state index contributed by atoms with van der Waals surface area (Å²) in [4.78, 5) is 13.9. The molecule has 0 N–H and O–H groups in total. The van der Waals surface area contributed by atoms with Crippen molar-refractivity contribution in [2.45, 2.75) is 25.3 Å². The molecule has 0 radical (unpaired) electrons. The van der Waals surface area contributed by atoms with Crippen molar-refractivity contribution < 1.29 is 4.79 Å². The molecule has 0 atom stereocenters. The lowest BCUT2D eigenvalue weighted by Crippen LogP contribution is -2.41. The third kappa shape index (κ3) is 2.23. The molecule has 0 bridgehead atoms.